The van der Waals surface area contributed by atoms with E-state index in [2.05, 4.69) is 4.98 Å². The largest absolute Gasteiger partial charge is 0.497 e. The minimum absolute atomic E-state index is 0.0693. The fourth-order valence-corrected chi connectivity index (χ4v) is 2.37. The first-order valence-electron chi connectivity index (χ1n) is 6.90. The van der Waals surface area contributed by atoms with E-state index in [1.807, 2.05) is 29.2 Å². The van der Waals surface area contributed by atoms with Crippen LogP contribution in [-0.4, -0.2) is 30.1 Å². The van der Waals surface area contributed by atoms with Crippen LogP contribution in [0.25, 0.3) is 11.5 Å². The zero-order chi connectivity index (χ0) is 14.7. The molecule has 0 amide bonds. The van der Waals surface area contributed by atoms with E-state index < -0.39 is 0 Å². The van der Waals surface area contributed by atoms with Gasteiger partial charge in [-0.3, -0.25) is 4.90 Å². The summed E-state index contributed by atoms with van der Waals surface area (Å²) in [5.41, 5.74) is 1.71. The number of halogens is 1. The van der Waals surface area contributed by atoms with Gasteiger partial charge in [-0.05, 0) is 30.7 Å². The van der Waals surface area contributed by atoms with Gasteiger partial charge in [-0.2, -0.15) is 0 Å². The smallest absolute Gasteiger partial charge is 0.226 e. The number of methoxy groups -OCH3 is 1. The third-order valence-electron chi connectivity index (χ3n) is 3.46. The second-order valence-electron chi connectivity index (χ2n) is 5.02. The summed E-state index contributed by atoms with van der Waals surface area (Å²) >= 11 is 0. The third kappa shape index (κ3) is 3.31. The Bertz CT molecular complexity index is 634. The molecule has 2 aromatic rings. The number of hydrogen-bond donors (Lipinski definition) is 0. The van der Waals surface area contributed by atoms with Gasteiger partial charge >= 0.3 is 0 Å². The highest BCUT2D eigenvalue weighted by Crippen LogP contribution is 2.22. The minimum atomic E-state index is -0.0693. The number of aromatic nitrogens is 1. The maximum Gasteiger partial charge on any atom is 0.226 e. The lowest BCUT2D eigenvalue weighted by Gasteiger charge is -2.22. The standard InChI is InChI=1S/C16H17FN2O2/c1-20-15-6-4-12(5-7-15)16-18-14(11-21-16)10-19-8-2-3-13(17)9-19/h3-7,11H,2,8-10H2,1H3. The maximum atomic E-state index is 13.2. The molecule has 4 nitrogen and oxygen atoms in total. The Kier molecular flexibility index (Phi) is 4.01. The summed E-state index contributed by atoms with van der Waals surface area (Å²) < 4.78 is 23.9. The van der Waals surface area contributed by atoms with E-state index in [1.165, 1.54) is 0 Å². The maximum absolute atomic E-state index is 13.2. The Morgan fingerprint density at radius 1 is 1.33 bits per heavy atom. The Hall–Kier alpha value is -2.14. The zero-order valence-electron chi connectivity index (χ0n) is 11.9. The highest BCUT2D eigenvalue weighted by atomic mass is 19.1. The molecule has 0 aliphatic carbocycles. The van der Waals surface area contributed by atoms with Crippen molar-refractivity contribution in [1.29, 1.82) is 0 Å². The van der Waals surface area contributed by atoms with Crippen molar-refractivity contribution in [3.8, 4) is 17.2 Å². The van der Waals surface area contributed by atoms with Gasteiger partial charge in [-0.25, -0.2) is 9.37 Å². The monoisotopic (exact) mass is 288 g/mol. The summed E-state index contributed by atoms with van der Waals surface area (Å²) in [6.07, 6.45) is 4.02. The molecule has 0 bridgehead atoms. The van der Waals surface area contributed by atoms with Crippen molar-refractivity contribution in [2.24, 2.45) is 0 Å². The van der Waals surface area contributed by atoms with E-state index in [-0.39, 0.29) is 5.83 Å². The van der Waals surface area contributed by atoms with Crippen LogP contribution in [0.2, 0.25) is 0 Å². The first kappa shape index (κ1) is 13.8. The highest BCUT2D eigenvalue weighted by molar-refractivity contribution is 5.54. The van der Waals surface area contributed by atoms with Crippen LogP contribution in [-0.2, 0) is 6.54 Å². The van der Waals surface area contributed by atoms with Gasteiger partial charge in [0.15, 0.2) is 0 Å². The summed E-state index contributed by atoms with van der Waals surface area (Å²) in [5.74, 6) is 1.29. The molecule has 0 unspecified atom stereocenters. The van der Waals surface area contributed by atoms with E-state index >= 15 is 0 Å². The summed E-state index contributed by atoms with van der Waals surface area (Å²) in [6, 6.07) is 7.53. The van der Waals surface area contributed by atoms with Crippen LogP contribution >= 0.6 is 0 Å². The molecule has 0 fully saturated rings. The van der Waals surface area contributed by atoms with E-state index in [0.717, 1.165) is 30.0 Å². The molecule has 2 heterocycles. The van der Waals surface area contributed by atoms with Crippen LogP contribution in [0.5, 0.6) is 5.75 Å². The van der Waals surface area contributed by atoms with Crippen LogP contribution in [0.15, 0.2) is 46.8 Å². The lowest BCUT2D eigenvalue weighted by Crippen LogP contribution is -2.28. The molecule has 1 aliphatic rings. The Morgan fingerprint density at radius 2 is 2.14 bits per heavy atom. The predicted octanol–water partition coefficient (Wildman–Crippen LogP) is 3.41. The summed E-state index contributed by atoms with van der Waals surface area (Å²) in [6.45, 7) is 1.80. The lowest BCUT2D eigenvalue weighted by molar-refractivity contribution is 0.256. The first-order valence-corrected chi connectivity index (χ1v) is 6.90. The van der Waals surface area contributed by atoms with Gasteiger partial charge < -0.3 is 9.15 Å². The van der Waals surface area contributed by atoms with Crippen molar-refractivity contribution in [3.05, 3.63) is 48.1 Å². The second-order valence-corrected chi connectivity index (χ2v) is 5.02. The molecule has 0 radical (unpaired) electrons. The number of hydrogen-bond acceptors (Lipinski definition) is 4. The van der Waals surface area contributed by atoms with Crippen LogP contribution in [0.1, 0.15) is 12.1 Å². The van der Waals surface area contributed by atoms with Gasteiger partial charge in [0.1, 0.15) is 17.8 Å². The molecule has 3 rings (SSSR count). The second kappa shape index (κ2) is 6.10. The first-order chi connectivity index (χ1) is 10.2. The molecule has 21 heavy (non-hydrogen) atoms. The SMILES string of the molecule is COc1ccc(-c2nc(CN3CCC=C(F)C3)co2)cc1. The molecule has 0 saturated heterocycles. The van der Waals surface area contributed by atoms with Crippen molar-refractivity contribution in [2.45, 2.75) is 13.0 Å². The molecule has 0 atom stereocenters. The number of benzene rings is 1. The van der Waals surface area contributed by atoms with Gasteiger partial charge in [0.2, 0.25) is 5.89 Å². The average molecular weight is 288 g/mol. The van der Waals surface area contributed by atoms with Crippen molar-refractivity contribution < 1.29 is 13.5 Å². The van der Waals surface area contributed by atoms with Crippen LogP contribution in [0.4, 0.5) is 4.39 Å². The molecule has 0 saturated carbocycles. The lowest BCUT2D eigenvalue weighted by atomic mass is 10.2. The molecular formula is C16H17FN2O2. The molecule has 1 aromatic carbocycles. The number of nitrogens with zero attached hydrogens (tertiary/aromatic N) is 2. The highest BCUT2D eigenvalue weighted by Gasteiger charge is 2.15. The summed E-state index contributed by atoms with van der Waals surface area (Å²) in [4.78, 5) is 6.48. The van der Waals surface area contributed by atoms with Crippen LogP contribution < -0.4 is 4.74 Å². The van der Waals surface area contributed by atoms with Gasteiger partial charge in [0, 0.05) is 18.7 Å². The molecule has 0 spiro atoms. The van der Waals surface area contributed by atoms with Crippen molar-refractivity contribution in [2.75, 3.05) is 20.2 Å². The van der Waals surface area contributed by atoms with Crippen molar-refractivity contribution in [3.63, 3.8) is 0 Å². The predicted molar refractivity (Wildman–Crippen MR) is 77.6 cm³/mol. The van der Waals surface area contributed by atoms with Crippen molar-refractivity contribution >= 4 is 0 Å². The van der Waals surface area contributed by atoms with E-state index in [9.17, 15) is 4.39 Å². The minimum Gasteiger partial charge on any atom is -0.497 e. The number of oxazole rings is 1. The van der Waals surface area contributed by atoms with Crippen LogP contribution in [0, 0.1) is 0 Å². The van der Waals surface area contributed by atoms with Gasteiger partial charge in [-0.15, -0.1) is 0 Å². The fraction of sp³-hybridized carbons (Fsp3) is 0.312. The average Bonchev–Trinajstić information content (AvgIpc) is 2.96. The Labute approximate surface area is 122 Å². The Balaban J connectivity index is 1.69. The van der Waals surface area contributed by atoms with Crippen LogP contribution in [0.3, 0.4) is 0 Å². The molecule has 1 aliphatic heterocycles. The van der Waals surface area contributed by atoms with Gasteiger partial charge in [0.05, 0.1) is 19.3 Å². The number of rotatable bonds is 4. The molecule has 5 heteroatoms. The van der Waals surface area contributed by atoms with E-state index in [1.54, 1.807) is 19.4 Å². The summed E-state index contributed by atoms with van der Waals surface area (Å²) in [7, 11) is 1.63. The van der Waals surface area contributed by atoms with Gasteiger partial charge in [-0.1, -0.05) is 6.08 Å². The van der Waals surface area contributed by atoms with E-state index in [0.29, 0.717) is 19.0 Å². The Morgan fingerprint density at radius 3 is 2.86 bits per heavy atom. The molecular weight excluding hydrogens is 271 g/mol. The van der Waals surface area contributed by atoms with Crippen molar-refractivity contribution in [1.82, 2.24) is 9.88 Å². The normalized spacial score (nSPS) is 15.8. The third-order valence-corrected chi connectivity index (χ3v) is 3.46. The molecule has 110 valence electrons. The molecule has 1 aromatic heterocycles. The topological polar surface area (TPSA) is 38.5 Å². The van der Waals surface area contributed by atoms with Gasteiger partial charge in [0.25, 0.3) is 0 Å². The van der Waals surface area contributed by atoms with E-state index in [4.69, 9.17) is 9.15 Å². The fourth-order valence-electron chi connectivity index (χ4n) is 2.37. The quantitative estimate of drug-likeness (QED) is 0.864. The summed E-state index contributed by atoms with van der Waals surface area (Å²) in [5, 5.41) is 0. The zero-order valence-corrected chi connectivity index (χ0v) is 11.9. The molecule has 0 N–H and O–H groups in total. The number of ether oxygens (including phenoxy) is 1.